The third-order valence-electron chi connectivity index (χ3n) is 4.72. The molecule has 2 fully saturated rings. The molecule has 0 aliphatic heterocycles. The van der Waals surface area contributed by atoms with Gasteiger partial charge in [-0.25, -0.2) is 0 Å². The molecule has 0 aromatic carbocycles. The number of hydrogen-bond donors (Lipinski definition) is 2. The van der Waals surface area contributed by atoms with Crippen molar-refractivity contribution in [3.05, 3.63) is 18.0 Å². The van der Waals surface area contributed by atoms with Gasteiger partial charge in [-0.1, -0.05) is 19.3 Å². The summed E-state index contributed by atoms with van der Waals surface area (Å²) in [5, 5.41) is 4.74. The molecule has 1 aromatic rings. The highest BCUT2D eigenvalue weighted by Gasteiger charge is 2.27. The summed E-state index contributed by atoms with van der Waals surface area (Å²) in [4.78, 5) is 0. The van der Waals surface area contributed by atoms with Crippen LogP contribution in [0.25, 0.3) is 0 Å². The first kappa shape index (κ1) is 12.2. The van der Waals surface area contributed by atoms with E-state index >= 15 is 0 Å². The predicted octanol–water partition coefficient (Wildman–Crippen LogP) is 2.17. The highest BCUT2D eigenvalue weighted by Crippen LogP contribution is 2.31. The SMILES string of the molecule is NNC(Cc1ccn(C2CCCC2)n1)C1CCC1. The fourth-order valence-corrected chi connectivity index (χ4v) is 3.29. The van der Waals surface area contributed by atoms with Gasteiger partial charge in [-0.15, -0.1) is 0 Å². The van der Waals surface area contributed by atoms with Crippen molar-refractivity contribution in [3.8, 4) is 0 Å². The first-order valence-electron chi connectivity index (χ1n) is 7.37. The maximum absolute atomic E-state index is 5.68. The van der Waals surface area contributed by atoms with Gasteiger partial charge in [-0.2, -0.15) is 5.10 Å². The monoisotopic (exact) mass is 248 g/mol. The van der Waals surface area contributed by atoms with E-state index in [0.29, 0.717) is 12.1 Å². The van der Waals surface area contributed by atoms with Gasteiger partial charge in [0.1, 0.15) is 0 Å². The lowest BCUT2D eigenvalue weighted by atomic mass is 9.78. The number of aromatic nitrogens is 2. The fraction of sp³-hybridized carbons (Fsp3) is 0.786. The topological polar surface area (TPSA) is 55.9 Å². The number of nitrogens with one attached hydrogen (secondary N) is 1. The molecule has 1 atom stereocenters. The van der Waals surface area contributed by atoms with Crippen molar-refractivity contribution in [2.45, 2.75) is 63.5 Å². The second-order valence-electron chi connectivity index (χ2n) is 5.89. The lowest BCUT2D eigenvalue weighted by Gasteiger charge is -2.32. The van der Waals surface area contributed by atoms with Gasteiger partial charge in [0, 0.05) is 18.7 Å². The van der Waals surface area contributed by atoms with Gasteiger partial charge in [-0.05, 0) is 37.7 Å². The van der Waals surface area contributed by atoms with Crippen LogP contribution in [0.5, 0.6) is 0 Å². The first-order valence-corrected chi connectivity index (χ1v) is 7.37. The molecule has 100 valence electrons. The number of nitrogens with two attached hydrogens (primary N) is 1. The van der Waals surface area contributed by atoms with Crippen molar-refractivity contribution in [1.82, 2.24) is 15.2 Å². The molecule has 1 unspecified atom stereocenters. The number of rotatable bonds is 5. The Morgan fingerprint density at radius 3 is 2.67 bits per heavy atom. The molecule has 4 heteroatoms. The zero-order chi connectivity index (χ0) is 12.4. The van der Waals surface area contributed by atoms with Crippen molar-refractivity contribution in [1.29, 1.82) is 0 Å². The second-order valence-corrected chi connectivity index (χ2v) is 5.89. The third-order valence-corrected chi connectivity index (χ3v) is 4.72. The predicted molar refractivity (Wildman–Crippen MR) is 71.9 cm³/mol. The summed E-state index contributed by atoms with van der Waals surface area (Å²) in [7, 11) is 0. The number of nitrogens with zero attached hydrogens (tertiary/aromatic N) is 2. The molecule has 0 spiro atoms. The van der Waals surface area contributed by atoms with Crippen LogP contribution in [0.1, 0.15) is 56.7 Å². The summed E-state index contributed by atoms with van der Waals surface area (Å²) >= 11 is 0. The lowest BCUT2D eigenvalue weighted by molar-refractivity contribution is 0.227. The highest BCUT2D eigenvalue weighted by molar-refractivity contribution is 5.04. The number of hydrazine groups is 1. The van der Waals surface area contributed by atoms with Crippen molar-refractivity contribution in [3.63, 3.8) is 0 Å². The van der Waals surface area contributed by atoms with E-state index in [2.05, 4.69) is 22.4 Å². The first-order chi connectivity index (χ1) is 8.86. The van der Waals surface area contributed by atoms with Gasteiger partial charge in [-0.3, -0.25) is 16.0 Å². The van der Waals surface area contributed by atoms with Crippen LogP contribution in [-0.2, 0) is 6.42 Å². The summed E-state index contributed by atoms with van der Waals surface area (Å²) in [5.74, 6) is 6.43. The van der Waals surface area contributed by atoms with E-state index < -0.39 is 0 Å². The van der Waals surface area contributed by atoms with Crippen LogP contribution in [0.15, 0.2) is 12.3 Å². The average molecular weight is 248 g/mol. The molecular formula is C14H24N4. The molecule has 1 heterocycles. The maximum atomic E-state index is 5.68. The molecule has 4 nitrogen and oxygen atoms in total. The smallest absolute Gasteiger partial charge is 0.0640 e. The molecular weight excluding hydrogens is 224 g/mol. The fourth-order valence-electron chi connectivity index (χ4n) is 3.29. The van der Waals surface area contributed by atoms with Gasteiger partial charge in [0.2, 0.25) is 0 Å². The van der Waals surface area contributed by atoms with E-state index in [1.807, 2.05) is 0 Å². The molecule has 0 saturated heterocycles. The standard InChI is InChI=1S/C14H24N4/c15-16-14(11-4-3-5-11)10-12-8-9-18(17-12)13-6-1-2-7-13/h8-9,11,13-14,16H,1-7,10,15H2. The summed E-state index contributed by atoms with van der Waals surface area (Å²) in [6.45, 7) is 0. The van der Waals surface area contributed by atoms with Gasteiger partial charge >= 0.3 is 0 Å². The second kappa shape index (κ2) is 5.41. The Kier molecular flexibility index (Phi) is 3.66. The van der Waals surface area contributed by atoms with Gasteiger partial charge in [0.15, 0.2) is 0 Å². The molecule has 1 aromatic heterocycles. The summed E-state index contributed by atoms with van der Waals surface area (Å²) in [5.41, 5.74) is 4.17. The third kappa shape index (κ3) is 2.45. The minimum absolute atomic E-state index is 0.408. The maximum Gasteiger partial charge on any atom is 0.0640 e. The molecule has 18 heavy (non-hydrogen) atoms. The Bertz CT molecular complexity index is 377. The van der Waals surface area contributed by atoms with Crippen molar-refractivity contribution >= 4 is 0 Å². The van der Waals surface area contributed by atoms with E-state index in [9.17, 15) is 0 Å². The Hall–Kier alpha value is -0.870. The summed E-state index contributed by atoms with van der Waals surface area (Å²) < 4.78 is 2.18. The Labute approximate surface area is 109 Å². The van der Waals surface area contributed by atoms with Gasteiger partial charge < -0.3 is 0 Å². The minimum Gasteiger partial charge on any atom is -0.271 e. The van der Waals surface area contributed by atoms with E-state index in [4.69, 9.17) is 10.9 Å². The lowest BCUT2D eigenvalue weighted by Crippen LogP contribution is -2.45. The molecule has 3 rings (SSSR count). The largest absolute Gasteiger partial charge is 0.271 e. The Morgan fingerprint density at radius 1 is 1.28 bits per heavy atom. The quantitative estimate of drug-likeness (QED) is 0.620. The van der Waals surface area contributed by atoms with Crippen LogP contribution < -0.4 is 11.3 Å². The molecule has 0 bridgehead atoms. The Balaban J connectivity index is 1.61. The Morgan fingerprint density at radius 2 is 2.06 bits per heavy atom. The molecule has 2 aliphatic rings. The zero-order valence-corrected chi connectivity index (χ0v) is 11.0. The van der Waals surface area contributed by atoms with Crippen molar-refractivity contribution < 1.29 is 0 Å². The van der Waals surface area contributed by atoms with Crippen molar-refractivity contribution in [2.24, 2.45) is 11.8 Å². The molecule has 0 amide bonds. The van der Waals surface area contributed by atoms with Crippen LogP contribution >= 0.6 is 0 Å². The van der Waals surface area contributed by atoms with Crippen molar-refractivity contribution in [2.75, 3.05) is 0 Å². The van der Waals surface area contributed by atoms with Gasteiger partial charge in [0.25, 0.3) is 0 Å². The van der Waals surface area contributed by atoms with Crippen LogP contribution in [0.4, 0.5) is 0 Å². The van der Waals surface area contributed by atoms with E-state index in [-0.39, 0.29) is 0 Å². The molecule has 3 N–H and O–H groups in total. The van der Waals surface area contributed by atoms with E-state index in [1.54, 1.807) is 0 Å². The minimum atomic E-state index is 0.408. The molecule has 2 saturated carbocycles. The van der Waals surface area contributed by atoms with Crippen LogP contribution in [0.3, 0.4) is 0 Å². The summed E-state index contributed by atoms with van der Waals surface area (Å²) in [6.07, 6.45) is 12.4. The van der Waals surface area contributed by atoms with E-state index in [0.717, 1.165) is 12.3 Å². The zero-order valence-electron chi connectivity index (χ0n) is 11.0. The van der Waals surface area contributed by atoms with Crippen LogP contribution in [0, 0.1) is 5.92 Å². The highest BCUT2D eigenvalue weighted by atomic mass is 15.3. The average Bonchev–Trinajstić information content (AvgIpc) is 2.95. The molecule has 2 aliphatic carbocycles. The number of hydrogen-bond acceptors (Lipinski definition) is 3. The van der Waals surface area contributed by atoms with E-state index in [1.165, 1.54) is 50.6 Å². The normalized spacial score (nSPS) is 23.2. The summed E-state index contributed by atoms with van der Waals surface area (Å²) in [6, 6.07) is 3.22. The van der Waals surface area contributed by atoms with Crippen LogP contribution in [0.2, 0.25) is 0 Å². The van der Waals surface area contributed by atoms with Crippen LogP contribution in [-0.4, -0.2) is 15.8 Å². The van der Waals surface area contributed by atoms with Gasteiger partial charge in [0.05, 0.1) is 11.7 Å². The molecule has 0 radical (unpaired) electrons.